The SMILES string of the molecule is Cc1cc([C@H](C2CC2)N2CCc3c(cc(CBr)cc3-c3ccc(F)cc3C)C2=O)ccc1F. The molecule has 3 aromatic carbocycles. The van der Waals surface area contributed by atoms with E-state index in [-0.39, 0.29) is 23.6 Å². The van der Waals surface area contributed by atoms with Crippen molar-refractivity contribution in [2.75, 3.05) is 6.54 Å². The summed E-state index contributed by atoms with van der Waals surface area (Å²) in [5.74, 6) is -0.0340. The van der Waals surface area contributed by atoms with E-state index in [0.717, 1.165) is 58.2 Å². The van der Waals surface area contributed by atoms with Crippen LogP contribution in [0.2, 0.25) is 0 Å². The number of hydrogen-bond donors (Lipinski definition) is 0. The molecule has 170 valence electrons. The Balaban J connectivity index is 1.59. The summed E-state index contributed by atoms with van der Waals surface area (Å²) < 4.78 is 27.7. The summed E-state index contributed by atoms with van der Waals surface area (Å²) in [6.45, 7) is 4.29. The molecule has 1 atom stereocenters. The smallest absolute Gasteiger partial charge is 0.254 e. The minimum Gasteiger partial charge on any atom is -0.331 e. The van der Waals surface area contributed by atoms with Crippen LogP contribution in [0.25, 0.3) is 11.1 Å². The van der Waals surface area contributed by atoms with Crippen LogP contribution in [-0.2, 0) is 11.8 Å². The molecule has 1 aliphatic carbocycles. The lowest BCUT2D eigenvalue weighted by molar-refractivity contribution is 0.0632. The van der Waals surface area contributed by atoms with Gasteiger partial charge in [-0.2, -0.15) is 0 Å². The van der Waals surface area contributed by atoms with Gasteiger partial charge in [-0.25, -0.2) is 8.78 Å². The first-order chi connectivity index (χ1) is 15.9. The predicted octanol–water partition coefficient (Wildman–Crippen LogP) is 7.29. The van der Waals surface area contributed by atoms with Gasteiger partial charge in [-0.1, -0.05) is 34.1 Å². The number of benzene rings is 3. The zero-order valence-electron chi connectivity index (χ0n) is 18.8. The highest BCUT2D eigenvalue weighted by Crippen LogP contribution is 2.47. The van der Waals surface area contributed by atoms with Crippen LogP contribution >= 0.6 is 15.9 Å². The highest BCUT2D eigenvalue weighted by atomic mass is 79.9. The van der Waals surface area contributed by atoms with Crippen molar-refractivity contribution in [1.82, 2.24) is 4.90 Å². The standard InChI is InChI=1S/C28H26BrF2NO/c1-16-12-21(30)6-7-22(16)24-13-18(15-29)14-25-23(24)9-10-32(28(25)33)27(19-3-4-19)20-5-8-26(31)17(2)11-20/h5-8,11-14,19,27H,3-4,9-10,15H2,1-2H3/t27-/m0/s1. The zero-order valence-corrected chi connectivity index (χ0v) is 20.4. The molecular formula is C28H26BrF2NO. The third kappa shape index (κ3) is 4.12. The van der Waals surface area contributed by atoms with Crippen LogP contribution in [-0.4, -0.2) is 17.4 Å². The number of alkyl halides is 1. The van der Waals surface area contributed by atoms with E-state index in [2.05, 4.69) is 22.0 Å². The number of hydrogen-bond acceptors (Lipinski definition) is 1. The Labute approximate surface area is 201 Å². The lowest BCUT2D eigenvalue weighted by atomic mass is 9.86. The Hall–Kier alpha value is -2.53. The lowest BCUT2D eigenvalue weighted by Gasteiger charge is -2.37. The van der Waals surface area contributed by atoms with Gasteiger partial charge in [-0.3, -0.25) is 4.79 Å². The average Bonchev–Trinajstić information content (AvgIpc) is 3.63. The van der Waals surface area contributed by atoms with Gasteiger partial charge in [0.2, 0.25) is 0 Å². The number of carbonyl (C=O) groups is 1. The van der Waals surface area contributed by atoms with E-state index in [4.69, 9.17) is 0 Å². The van der Waals surface area contributed by atoms with Gasteiger partial charge < -0.3 is 4.90 Å². The Morgan fingerprint density at radius 2 is 1.73 bits per heavy atom. The highest BCUT2D eigenvalue weighted by molar-refractivity contribution is 9.08. The van der Waals surface area contributed by atoms with E-state index in [9.17, 15) is 13.6 Å². The van der Waals surface area contributed by atoms with Crippen molar-refractivity contribution in [2.24, 2.45) is 5.92 Å². The van der Waals surface area contributed by atoms with E-state index in [0.29, 0.717) is 23.4 Å². The van der Waals surface area contributed by atoms with Crippen molar-refractivity contribution < 1.29 is 13.6 Å². The average molecular weight is 510 g/mol. The second-order valence-electron chi connectivity index (χ2n) is 9.30. The zero-order chi connectivity index (χ0) is 23.3. The molecule has 1 aliphatic heterocycles. The molecule has 1 saturated carbocycles. The van der Waals surface area contributed by atoms with E-state index >= 15 is 0 Å². The quantitative estimate of drug-likeness (QED) is 0.330. The first-order valence-corrected chi connectivity index (χ1v) is 12.5. The Kier molecular flexibility index (Phi) is 5.86. The summed E-state index contributed by atoms with van der Waals surface area (Å²) in [4.78, 5) is 15.9. The molecule has 33 heavy (non-hydrogen) atoms. The van der Waals surface area contributed by atoms with Crippen LogP contribution in [0.1, 0.15) is 57.1 Å². The number of nitrogens with zero attached hydrogens (tertiary/aromatic N) is 1. The molecule has 0 spiro atoms. The molecule has 0 bridgehead atoms. The van der Waals surface area contributed by atoms with Gasteiger partial charge in [0.25, 0.3) is 5.91 Å². The van der Waals surface area contributed by atoms with Gasteiger partial charge in [0, 0.05) is 17.4 Å². The van der Waals surface area contributed by atoms with Crippen LogP contribution in [0.4, 0.5) is 8.78 Å². The minimum atomic E-state index is -0.258. The maximum Gasteiger partial charge on any atom is 0.254 e. The molecule has 1 amide bonds. The van der Waals surface area contributed by atoms with Crippen molar-refractivity contribution in [3.63, 3.8) is 0 Å². The van der Waals surface area contributed by atoms with Crippen molar-refractivity contribution >= 4 is 21.8 Å². The summed E-state index contributed by atoms with van der Waals surface area (Å²) >= 11 is 3.55. The predicted molar refractivity (Wildman–Crippen MR) is 131 cm³/mol. The Bertz CT molecular complexity index is 1250. The van der Waals surface area contributed by atoms with Crippen LogP contribution in [0.5, 0.6) is 0 Å². The number of amides is 1. The third-order valence-corrected chi connectivity index (χ3v) is 7.61. The summed E-state index contributed by atoms with van der Waals surface area (Å²) in [7, 11) is 0. The van der Waals surface area contributed by atoms with Crippen molar-refractivity contribution in [1.29, 1.82) is 0 Å². The molecule has 0 radical (unpaired) electrons. The largest absolute Gasteiger partial charge is 0.331 e. The molecule has 0 aromatic heterocycles. The fraction of sp³-hybridized carbons (Fsp3) is 0.321. The first-order valence-electron chi connectivity index (χ1n) is 11.4. The molecular weight excluding hydrogens is 484 g/mol. The van der Waals surface area contributed by atoms with Crippen molar-refractivity contribution in [3.8, 4) is 11.1 Å². The molecule has 5 rings (SSSR count). The van der Waals surface area contributed by atoms with Gasteiger partial charge in [-0.05, 0) is 108 Å². The molecule has 0 saturated heterocycles. The summed E-state index contributed by atoms with van der Waals surface area (Å²) in [5.41, 5.74) is 7.22. The molecule has 5 heteroatoms. The molecule has 0 N–H and O–H groups in total. The maximum atomic E-state index is 13.9. The van der Waals surface area contributed by atoms with E-state index in [1.54, 1.807) is 13.0 Å². The van der Waals surface area contributed by atoms with E-state index in [1.165, 1.54) is 12.1 Å². The topological polar surface area (TPSA) is 20.3 Å². The van der Waals surface area contributed by atoms with Crippen molar-refractivity contribution in [3.05, 3.63) is 93.5 Å². The molecule has 3 aromatic rings. The van der Waals surface area contributed by atoms with Gasteiger partial charge >= 0.3 is 0 Å². The fourth-order valence-electron chi connectivity index (χ4n) is 5.16. The van der Waals surface area contributed by atoms with Gasteiger partial charge in [0.1, 0.15) is 11.6 Å². The Morgan fingerprint density at radius 1 is 0.970 bits per heavy atom. The molecule has 2 nitrogen and oxygen atoms in total. The summed E-state index contributed by atoms with van der Waals surface area (Å²) in [6, 6.07) is 14.1. The number of halogens is 3. The number of fused-ring (bicyclic) bond motifs is 1. The number of aryl methyl sites for hydroxylation is 2. The number of carbonyl (C=O) groups excluding carboxylic acids is 1. The minimum absolute atomic E-state index is 0.0268. The van der Waals surface area contributed by atoms with E-state index < -0.39 is 0 Å². The fourth-order valence-corrected chi connectivity index (χ4v) is 5.49. The maximum absolute atomic E-state index is 13.9. The van der Waals surface area contributed by atoms with Crippen LogP contribution in [0.3, 0.4) is 0 Å². The summed E-state index contributed by atoms with van der Waals surface area (Å²) in [6.07, 6.45) is 2.90. The Morgan fingerprint density at radius 3 is 2.39 bits per heavy atom. The lowest BCUT2D eigenvalue weighted by Crippen LogP contribution is -2.41. The van der Waals surface area contributed by atoms with Crippen LogP contribution < -0.4 is 0 Å². The molecule has 1 heterocycles. The van der Waals surface area contributed by atoms with Crippen LogP contribution in [0, 0.1) is 31.4 Å². The highest BCUT2D eigenvalue weighted by Gasteiger charge is 2.41. The van der Waals surface area contributed by atoms with Gasteiger partial charge in [0.15, 0.2) is 0 Å². The monoisotopic (exact) mass is 509 g/mol. The van der Waals surface area contributed by atoms with Crippen molar-refractivity contribution in [2.45, 2.75) is 44.5 Å². The third-order valence-electron chi connectivity index (χ3n) is 6.96. The second-order valence-corrected chi connectivity index (χ2v) is 9.86. The number of rotatable bonds is 5. The van der Waals surface area contributed by atoms with Crippen LogP contribution in [0.15, 0.2) is 48.5 Å². The van der Waals surface area contributed by atoms with Gasteiger partial charge in [-0.15, -0.1) is 0 Å². The second kappa shape index (κ2) is 8.68. The normalized spacial score (nSPS) is 16.6. The van der Waals surface area contributed by atoms with E-state index in [1.807, 2.05) is 36.1 Å². The molecule has 1 fully saturated rings. The van der Waals surface area contributed by atoms with Gasteiger partial charge in [0.05, 0.1) is 6.04 Å². The summed E-state index contributed by atoms with van der Waals surface area (Å²) in [5, 5.41) is 0.629. The first kappa shape index (κ1) is 22.3. The molecule has 0 unspecified atom stereocenters. The molecule has 2 aliphatic rings.